The second-order valence-corrected chi connectivity index (χ2v) is 4.45. The fraction of sp³-hybridized carbons (Fsp3) is 0.462. The SMILES string of the molecule is NC(=O)C1CCN(c2ccccc2CO)CC1. The Balaban J connectivity index is 2.07. The van der Waals surface area contributed by atoms with E-state index in [9.17, 15) is 9.90 Å². The van der Waals surface area contributed by atoms with Crippen LogP contribution >= 0.6 is 0 Å². The van der Waals surface area contributed by atoms with Crippen LogP contribution in [0.25, 0.3) is 0 Å². The first-order chi connectivity index (χ1) is 8.22. The smallest absolute Gasteiger partial charge is 0.220 e. The molecule has 0 aliphatic carbocycles. The maximum absolute atomic E-state index is 11.1. The van der Waals surface area contributed by atoms with Crippen molar-refractivity contribution < 1.29 is 9.90 Å². The summed E-state index contributed by atoms with van der Waals surface area (Å²) in [6.45, 7) is 1.70. The number of primary amides is 1. The van der Waals surface area contributed by atoms with Crippen molar-refractivity contribution in [2.24, 2.45) is 11.7 Å². The summed E-state index contributed by atoms with van der Waals surface area (Å²) in [4.78, 5) is 13.3. The molecule has 3 N–H and O–H groups in total. The molecule has 1 aliphatic rings. The number of carbonyl (C=O) groups is 1. The molecule has 1 aliphatic heterocycles. The van der Waals surface area contributed by atoms with Crippen molar-refractivity contribution >= 4 is 11.6 Å². The van der Waals surface area contributed by atoms with Gasteiger partial charge in [-0.25, -0.2) is 0 Å². The van der Waals surface area contributed by atoms with Crippen molar-refractivity contribution in [3.05, 3.63) is 29.8 Å². The van der Waals surface area contributed by atoms with E-state index in [1.807, 2.05) is 24.3 Å². The van der Waals surface area contributed by atoms with Gasteiger partial charge in [-0.05, 0) is 18.9 Å². The Morgan fingerprint density at radius 2 is 2.00 bits per heavy atom. The number of rotatable bonds is 3. The number of para-hydroxylation sites is 1. The van der Waals surface area contributed by atoms with Crippen LogP contribution in [-0.2, 0) is 11.4 Å². The summed E-state index contributed by atoms with van der Waals surface area (Å²) in [5, 5.41) is 9.29. The van der Waals surface area contributed by atoms with Gasteiger partial charge in [-0.2, -0.15) is 0 Å². The fourth-order valence-electron chi connectivity index (χ4n) is 2.36. The van der Waals surface area contributed by atoms with E-state index in [1.165, 1.54) is 0 Å². The Morgan fingerprint density at radius 1 is 1.35 bits per heavy atom. The number of anilines is 1. The molecule has 1 aromatic carbocycles. The van der Waals surface area contributed by atoms with Crippen LogP contribution in [0, 0.1) is 5.92 Å². The van der Waals surface area contributed by atoms with Crippen LogP contribution in [0.5, 0.6) is 0 Å². The molecule has 2 rings (SSSR count). The number of aliphatic hydroxyl groups excluding tert-OH is 1. The number of nitrogens with two attached hydrogens (primary N) is 1. The zero-order chi connectivity index (χ0) is 12.3. The molecule has 4 heteroatoms. The lowest BCUT2D eigenvalue weighted by atomic mass is 9.95. The van der Waals surface area contributed by atoms with Crippen LogP contribution in [0.15, 0.2) is 24.3 Å². The molecule has 1 saturated heterocycles. The van der Waals surface area contributed by atoms with E-state index >= 15 is 0 Å². The van der Waals surface area contributed by atoms with Gasteiger partial charge in [0.15, 0.2) is 0 Å². The maximum atomic E-state index is 11.1. The Morgan fingerprint density at radius 3 is 2.59 bits per heavy atom. The average Bonchev–Trinajstić information content (AvgIpc) is 2.39. The number of hydrogen-bond donors (Lipinski definition) is 2. The van der Waals surface area contributed by atoms with E-state index in [-0.39, 0.29) is 18.4 Å². The van der Waals surface area contributed by atoms with E-state index in [1.54, 1.807) is 0 Å². The predicted octanol–water partition coefficient (Wildman–Crippen LogP) is 0.881. The summed E-state index contributed by atoms with van der Waals surface area (Å²) in [6, 6.07) is 7.82. The molecular formula is C13H18N2O2. The Kier molecular flexibility index (Phi) is 3.64. The first kappa shape index (κ1) is 11.9. The van der Waals surface area contributed by atoms with Gasteiger partial charge in [0.1, 0.15) is 0 Å². The van der Waals surface area contributed by atoms with E-state index in [4.69, 9.17) is 5.73 Å². The molecule has 4 nitrogen and oxygen atoms in total. The van der Waals surface area contributed by atoms with Gasteiger partial charge in [0.05, 0.1) is 6.61 Å². The molecule has 0 aromatic heterocycles. The van der Waals surface area contributed by atoms with Gasteiger partial charge in [0, 0.05) is 30.3 Å². The van der Waals surface area contributed by atoms with E-state index in [0.717, 1.165) is 37.2 Å². The van der Waals surface area contributed by atoms with Gasteiger partial charge < -0.3 is 15.7 Å². The highest BCUT2D eigenvalue weighted by atomic mass is 16.3. The average molecular weight is 234 g/mol. The third-order valence-electron chi connectivity index (χ3n) is 3.40. The lowest BCUT2D eigenvalue weighted by molar-refractivity contribution is -0.122. The molecule has 0 radical (unpaired) electrons. The van der Waals surface area contributed by atoms with Gasteiger partial charge in [-0.1, -0.05) is 18.2 Å². The number of hydrogen-bond acceptors (Lipinski definition) is 3. The first-order valence-corrected chi connectivity index (χ1v) is 5.95. The highest BCUT2D eigenvalue weighted by Gasteiger charge is 2.23. The number of piperidine rings is 1. The van der Waals surface area contributed by atoms with Crippen molar-refractivity contribution in [1.82, 2.24) is 0 Å². The number of aliphatic hydroxyl groups is 1. The highest BCUT2D eigenvalue weighted by Crippen LogP contribution is 2.26. The molecule has 92 valence electrons. The topological polar surface area (TPSA) is 66.6 Å². The van der Waals surface area contributed by atoms with Gasteiger partial charge in [-0.15, -0.1) is 0 Å². The third-order valence-corrected chi connectivity index (χ3v) is 3.40. The van der Waals surface area contributed by atoms with Crippen molar-refractivity contribution in [3.63, 3.8) is 0 Å². The fourth-order valence-corrected chi connectivity index (χ4v) is 2.36. The zero-order valence-electron chi connectivity index (χ0n) is 9.80. The molecule has 0 saturated carbocycles. The monoisotopic (exact) mass is 234 g/mol. The Labute approximate surface area is 101 Å². The van der Waals surface area contributed by atoms with Crippen LogP contribution in [0.2, 0.25) is 0 Å². The number of carbonyl (C=O) groups excluding carboxylic acids is 1. The summed E-state index contributed by atoms with van der Waals surface area (Å²) in [5.74, 6) is -0.187. The van der Waals surface area contributed by atoms with Gasteiger partial charge in [0.25, 0.3) is 0 Å². The van der Waals surface area contributed by atoms with Crippen molar-refractivity contribution in [3.8, 4) is 0 Å². The second kappa shape index (κ2) is 5.19. The van der Waals surface area contributed by atoms with E-state index in [0.29, 0.717) is 0 Å². The lowest BCUT2D eigenvalue weighted by Gasteiger charge is -2.33. The molecule has 0 unspecified atom stereocenters. The quantitative estimate of drug-likeness (QED) is 0.816. The minimum absolute atomic E-state index is 0.00698. The van der Waals surface area contributed by atoms with Crippen molar-refractivity contribution in [1.29, 1.82) is 0 Å². The number of nitrogens with zero attached hydrogens (tertiary/aromatic N) is 1. The minimum Gasteiger partial charge on any atom is -0.392 e. The molecule has 17 heavy (non-hydrogen) atoms. The normalized spacial score (nSPS) is 17.1. The summed E-state index contributed by atoms with van der Waals surface area (Å²) in [6.07, 6.45) is 1.60. The molecule has 1 heterocycles. The molecule has 0 atom stereocenters. The summed E-state index contributed by atoms with van der Waals surface area (Å²) >= 11 is 0. The molecule has 1 aromatic rings. The molecule has 0 bridgehead atoms. The van der Waals surface area contributed by atoms with Gasteiger partial charge in [0.2, 0.25) is 5.91 Å². The van der Waals surface area contributed by atoms with Crippen molar-refractivity contribution in [2.45, 2.75) is 19.4 Å². The largest absolute Gasteiger partial charge is 0.392 e. The highest BCUT2D eigenvalue weighted by molar-refractivity contribution is 5.77. The predicted molar refractivity (Wildman–Crippen MR) is 66.5 cm³/mol. The van der Waals surface area contributed by atoms with Gasteiger partial charge >= 0.3 is 0 Å². The first-order valence-electron chi connectivity index (χ1n) is 5.95. The summed E-state index contributed by atoms with van der Waals surface area (Å²) in [7, 11) is 0. The minimum atomic E-state index is -0.194. The molecule has 1 amide bonds. The van der Waals surface area contributed by atoms with Crippen LogP contribution in [0.4, 0.5) is 5.69 Å². The summed E-state index contributed by atoms with van der Waals surface area (Å²) < 4.78 is 0. The number of amides is 1. The summed E-state index contributed by atoms with van der Waals surface area (Å²) in [5.41, 5.74) is 7.31. The molecule has 0 spiro atoms. The Bertz CT molecular complexity index is 398. The Hall–Kier alpha value is -1.55. The van der Waals surface area contributed by atoms with Crippen molar-refractivity contribution in [2.75, 3.05) is 18.0 Å². The van der Waals surface area contributed by atoms with Gasteiger partial charge in [-0.3, -0.25) is 4.79 Å². The zero-order valence-corrected chi connectivity index (χ0v) is 9.80. The van der Waals surface area contributed by atoms with Crippen LogP contribution in [0.1, 0.15) is 18.4 Å². The van der Waals surface area contributed by atoms with Crippen LogP contribution < -0.4 is 10.6 Å². The second-order valence-electron chi connectivity index (χ2n) is 4.45. The number of benzene rings is 1. The maximum Gasteiger partial charge on any atom is 0.220 e. The van der Waals surface area contributed by atoms with Crippen LogP contribution in [-0.4, -0.2) is 24.1 Å². The van der Waals surface area contributed by atoms with E-state index < -0.39 is 0 Å². The lowest BCUT2D eigenvalue weighted by Crippen LogP contribution is -2.38. The standard InChI is InChI=1S/C13H18N2O2/c14-13(17)10-5-7-15(8-6-10)12-4-2-1-3-11(12)9-16/h1-4,10,16H,5-9H2,(H2,14,17). The van der Waals surface area contributed by atoms with Crippen LogP contribution in [0.3, 0.4) is 0 Å². The van der Waals surface area contributed by atoms with E-state index in [2.05, 4.69) is 4.90 Å². The molecule has 1 fully saturated rings. The third kappa shape index (κ3) is 2.58. The molecular weight excluding hydrogens is 216 g/mol.